The van der Waals surface area contributed by atoms with Gasteiger partial charge in [0, 0.05) is 18.1 Å². The van der Waals surface area contributed by atoms with Crippen molar-refractivity contribution in [3.05, 3.63) is 0 Å². The predicted molar refractivity (Wildman–Crippen MR) is 90.2 cm³/mol. The van der Waals surface area contributed by atoms with Gasteiger partial charge < -0.3 is 10.4 Å². The molecule has 0 saturated heterocycles. The van der Waals surface area contributed by atoms with Crippen molar-refractivity contribution in [1.82, 2.24) is 5.32 Å². The first-order chi connectivity index (χ1) is 9.85. The lowest BCUT2D eigenvalue weighted by Crippen LogP contribution is -2.50. The first-order valence-electron chi connectivity index (χ1n) is 8.78. The average Bonchev–Trinajstić information content (AvgIpc) is 2.50. The van der Waals surface area contributed by atoms with Crippen LogP contribution in [0.1, 0.15) is 80.1 Å². The summed E-state index contributed by atoms with van der Waals surface area (Å²) in [4.78, 5) is 12.5. The fraction of sp³-hybridized carbons (Fsp3) is 0.944. The molecule has 0 fully saturated rings. The molecule has 3 nitrogen and oxygen atoms in total. The molecule has 0 rings (SSSR count). The third-order valence-corrected chi connectivity index (χ3v) is 5.41. The van der Waals surface area contributed by atoms with Crippen LogP contribution in [0.2, 0.25) is 0 Å². The van der Waals surface area contributed by atoms with Crippen LogP contribution in [-0.4, -0.2) is 23.2 Å². The molecule has 0 heterocycles. The lowest BCUT2D eigenvalue weighted by molar-refractivity contribution is -0.128. The molecular formula is C18H37NO2. The van der Waals surface area contributed by atoms with Crippen LogP contribution in [-0.2, 0) is 4.79 Å². The van der Waals surface area contributed by atoms with Crippen molar-refractivity contribution in [1.29, 1.82) is 0 Å². The third-order valence-electron chi connectivity index (χ3n) is 5.41. The number of hydrogen-bond acceptors (Lipinski definition) is 2. The van der Waals surface area contributed by atoms with Gasteiger partial charge in [-0.3, -0.25) is 4.79 Å². The monoisotopic (exact) mass is 299 g/mol. The number of amides is 1. The largest absolute Gasteiger partial charge is 0.396 e. The Bertz CT molecular complexity index is 287. The maximum Gasteiger partial charge on any atom is 0.223 e. The van der Waals surface area contributed by atoms with Gasteiger partial charge in [0.15, 0.2) is 0 Å². The second kappa shape index (κ2) is 10.2. The maximum absolute atomic E-state index is 12.5. The highest BCUT2D eigenvalue weighted by Gasteiger charge is 2.31. The van der Waals surface area contributed by atoms with Crippen molar-refractivity contribution < 1.29 is 9.90 Å². The van der Waals surface area contributed by atoms with E-state index in [1.54, 1.807) is 0 Å². The van der Waals surface area contributed by atoms with Gasteiger partial charge in [-0.25, -0.2) is 0 Å². The standard InChI is InChI=1S/C18H37NO2/c1-7-14(4)10-12-18(8-2,9-3)19-17(21)16(6)15(5)11-13-20/h14-16,20H,7-13H2,1-6H3,(H,19,21)/t14-,15?,16?/m1/s1. The number of aliphatic hydroxyl groups excluding tert-OH is 1. The zero-order valence-electron chi connectivity index (χ0n) is 15.0. The molecule has 0 saturated carbocycles. The molecule has 0 aliphatic rings. The molecule has 1 amide bonds. The Morgan fingerprint density at radius 3 is 2.10 bits per heavy atom. The number of hydrogen-bond donors (Lipinski definition) is 2. The molecule has 21 heavy (non-hydrogen) atoms. The smallest absolute Gasteiger partial charge is 0.223 e. The third kappa shape index (κ3) is 6.82. The Morgan fingerprint density at radius 2 is 1.67 bits per heavy atom. The molecule has 3 atom stereocenters. The quantitative estimate of drug-likeness (QED) is 0.602. The number of aliphatic hydroxyl groups is 1. The van der Waals surface area contributed by atoms with E-state index in [1.807, 2.05) is 13.8 Å². The summed E-state index contributed by atoms with van der Waals surface area (Å²) in [6, 6.07) is 0. The number of rotatable bonds is 11. The Hall–Kier alpha value is -0.570. The van der Waals surface area contributed by atoms with E-state index in [-0.39, 0.29) is 29.9 Å². The molecule has 0 aromatic rings. The van der Waals surface area contributed by atoms with E-state index >= 15 is 0 Å². The number of carbonyl (C=O) groups is 1. The molecule has 0 aromatic carbocycles. The average molecular weight is 299 g/mol. The lowest BCUT2D eigenvalue weighted by Gasteiger charge is -2.36. The maximum atomic E-state index is 12.5. The first kappa shape index (κ1) is 20.4. The topological polar surface area (TPSA) is 49.3 Å². The highest BCUT2D eigenvalue weighted by Crippen LogP contribution is 2.26. The van der Waals surface area contributed by atoms with Crippen LogP contribution in [0.5, 0.6) is 0 Å². The predicted octanol–water partition coefficient (Wildman–Crippen LogP) is 4.14. The van der Waals surface area contributed by atoms with Crippen LogP contribution < -0.4 is 5.32 Å². The summed E-state index contributed by atoms with van der Waals surface area (Å²) in [5.41, 5.74) is -0.0618. The van der Waals surface area contributed by atoms with Gasteiger partial charge in [0.1, 0.15) is 0 Å². The van der Waals surface area contributed by atoms with Gasteiger partial charge in [0.25, 0.3) is 0 Å². The van der Waals surface area contributed by atoms with Crippen molar-refractivity contribution in [2.24, 2.45) is 17.8 Å². The van der Waals surface area contributed by atoms with E-state index in [1.165, 1.54) is 12.8 Å². The summed E-state index contributed by atoms with van der Waals surface area (Å²) in [5.74, 6) is 1.03. The molecule has 0 aliphatic carbocycles. The molecule has 126 valence electrons. The van der Waals surface area contributed by atoms with Crippen molar-refractivity contribution in [2.75, 3.05) is 6.61 Å². The van der Waals surface area contributed by atoms with Gasteiger partial charge in [-0.15, -0.1) is 0 Å². The van der Waals surface area contributed by atoms with Crippen LogP contribution in [0.4, 0.5) is 0 Å². The summed E-state index contributed by atoms with van der Waals surface area (Å²) in [6.45, 7) is 13.0. The second-order valence-corrected chi connectivity index (χ2v) is 6.81. The van der Waals surface area contributed by atoms with Crippen LogP contribution >= 0.6 is 0 Å². The summed E-state index contributed by atoms with van der Waals surface area (Å²) in [6.07, 6.45) is 6.06. The van der Waals surface area contributed by atoms with Crippen LogP contribution in [0.3, 0.4) is 0 Å². The Labute approximate surface area is 131 Å². The minimum absolute atomic E-state index is 0.0433. The van der Waals surface area contributed by atoms with E-state index in [0.717, 1.165) is 19.3 Å². The van der Waals surface area contributed by atoms with E-state index in [2.05, 4.69) is 33.0 Å². The molecule has 0 radical (unpaired) electrons. The minimum Gasteiger partial charge on any atom is -0.396 e. The van der Waals surface area contributed by atoms with Gasteiger partial charge in [-0.2, -0.15) is 0 Å². The number of carbonyl (C=O) groups excluding carboxylic acids is 1. The van der Waals surface area contributed by atoms with Gasteiger partial charge >= 0.3 is 0 Å². The molecule has 2 unspecified atom stereocenters. The zero-order chi connectivity index (χ0) is 16.5. The molecule has 3 heteroatoms. The fourth-order valence-corrected chi connectivity index (χ4v) is 2.66. The van der Waals surface area contributed by atoms with Gasteiger partial charge in [-0.1, -0.05) is 48.0 Å². The molecule has 0 bridgehead atoms. The van der Waals surface area contributed by atoms with Gasteiger partial charge in [0.2, 0.25) is 5.91 Å². The van der Waals surface area contributed by atoms with Gasteiger partial charge in [0.05, 0.1) is 0 Å². The summed E-state index contributed by atoms with van der Waals surface area (Å²) in [5, 5.41) is 12.4. The summed E-state index contributed by atoms with van der Waals surface area (Å²) >= 11 is 0. The van der Waals surface area contributed by atoms with Crippen LogP contribution in [0.15, 0.2) is 0 Å². The Morgan fingerprint density at radius 1 is 1.10 bits per heavy atom. The number of nitrogens with one attached hydrogen (secondary N) is 1. The summed E-state index contributed by atoms with van der Waals surface area (Å²) < 4.78 is 0. The van der Waals surface area contributed by atoms with Crippen LogP contribution in [0.25, 0.3) is 0 Å². The Balaban J connectivity index is 4.70. The lowest BCUT2D eigenvalue weighted by atomic mass is 9.83. The van der Waals surface area contributed by atoms with Crippen molar-refractivity contribution in [3.63, 3.8) is 0 Å². The highest BCUT2D eigenvalue weighted by molar-refractivity contribution is 5.79. The van der Waals surface area contributed by atoms with Crippen molar-refractivity contribution in [3.8, 4) is 0 Å². The second-order valence-electron chi connectivity index (χ2n) is 6.81. The van der Waals surface area contributed by atoms with Crippen molar-refractivity contribution >= 4 is 5.91 Å². The van der Waals surface area contributed by atoms with E-state index in [4.69, 9.17) is 5.11 Å². The Kier molecular flexibility index (Phi) is 9.93. The van der Waals surface area contributed by atoms with E-state index in [9.17, 15) is 4.79 Å². The van der Waals surface area contributed by atoms with E-state index < -0.39 is 0 Å². The molecular weight excluding hydrogens is 262 g/mol. The molecule has 0 aliphatic heterocycles. The van der Waals surface area contributed by atoms with Crippen LogP contribution in [0, 0.1) is 17.8 Å². The normalized spacial score (nSPS) is 16.3. The molecule has 0 aromatic heterocycles. The highest BCUT2D eigenvalue weighted by atomic mass is 16.3. The zero-order valence-corrected chi connectivity index (χ0v) is 15.0. The molecule has 0 spiro atoms. The fourth-order valence-electron chi connectivity index (χ4n) is 2.66. The van der Waals surface area contributed by atoms with E-state index in [0.29, 0.717) is 12.3 Å². The van der Waals surface area contributed by atoms with Crippen molar-refractivity contribution in [2.45, 2.75) is 85.6 Å². The molecule has 2 N–H and O–H groups in total. The summed E-state index contributed by atoms with van der Waals surface area (Å²) in [7, 11) is 0. The SMILES string of the molecule is CC[C@@H](C)CCC(CC)(CC)NC(=O)C(C)C(C)CCO. The van der Waals surface area contributed by atoms with Gasteiger partial charge in [-0.05, 0) is 43.9 Å². The first-order valence-corrected chi connectivity index (χ1v) is 8.78. The minimum atomic E-state index is -0.0618.